The number of hydrogen-bond donors (Lipinski definition) is 0. The summed E-state index contributed by atoms with van der Waals surface area (Å²) in [6.45, 7) is 2.86. The van der Waals surface area contributed by atoms with Crippen molar-refractivity contribution in [3.8, 4) is 5.75 Å². The molecule has 0 bridgehead atoms. The lowest BCUT2D eigenvalue weighted by Gasteiger charge is -2.07. The van der Waals surface area contributed by atoms with Crippen LogP contribution in [0.4, 0.5) is 0 Å². The second-order valence-electron chi connectivity index (χ2n) is 4.70. The Labute approximate surface area is 123 Å². The highest BCUT2D eigenvalue weighted by Crippen LogP contribution is 2.21. The van der Waals surface area contributed by atoms with Crippen LogP contribution in [0.5, 0.6) is 5.75 Å². The number of aryl methyl sites for hydroxylation is 2. The molecule has 0 fully saturated rings. The van der Waals surface area contributed by atoms with E-state index in [4.69, 9.17) is 4.74 Å². The summed E-state index contributed by atoms with van der Waals surface area (Å²) >= 11 is 3.49. The van der Waals surface area contributed by atoms with Gasteiger partial charge in [0.05, 0.1) is 6.61 Å². The van der Waals surface area contributed by atoms with E-state index >= 15 is 0 Å². The highest BCUT2D eigenvalue weighted by molar-refractivity contribution is 9.10. The molecule has 1 nitrogen and oxygen atoms in total. The Balaban J connectivity index is 1.68. The highest BCUT2D eigenvalue weighted by atomic mass is 79.9. The van der Waals surface area contributed by atoms with Gasteiger partial charge >= 0.3 is 0 Å². The molecule has 0 N–H and O–H groups in total. The molecule has 0 spiro atoms. The van der Waals surface area contributed by atoms with Crippen molar-refractivity contribution in [1.82, 2.24) is 0 Å². The van der Waals surface area contributed by atoms with Gasteiger partial charge in [-0.25, -0.2) is 0 Å². The zero-order chi connectivity index (χ0) is 13.5. The SMILES string of the molecule is Cc1cc(OCCCCc2ccccc2)ccc1Br. The van der Waals surface area contributed by atoms with Crippen LogP contribution in [0.15, 0.2) is 53.0 Å². The minimum absolute atomic E-state index is 0.786. The Hall–Kier alpha value is -1.28. The van der Waals surface area contributed by atoms with Crippen molar-refractivity contribution in [2.45, 2.75) is 26.2 Å². The summed E-state index contributed by atoms with van der Waals surface area (Å²) in [6, 6.07) is 16.7. The molecule has 19 heavy (non-hydrogen) atoms. The van der Waals surface area contributed by atoms with E-state index in [1.54, 1.807) is 0 Å². The van der Waals surface area contributed by atoms with Gasteiger partial charge in [0.2, 0.25) is 0 Å². The lowest BCUT2D eigenvalue weighted by Crippen LogP contribution is -1.98. The zero-order valence-corrected chi connectivity index (χ0v) is 12.8. The second kappa shape index (κ2) is 7.34. The van der Waals surface area contributed by atoms with Crippen LogP contribution in [-0.2, 0) is 6.42 Å². The topological polar surface area (TPSA) is 9.23 Å². The van der Waals surface area contributed by atoms with Gasteiger partial charge in [-0.2, -0.15) is 0 Å². The fraction of sp³-hybridized carbons (Fsp3) is 0.294. The minimum atomic E-state index is 0.786. The normalized spacial score (nSPS) is 10.4. The molecule has 0 saturated carbocycles. The van der Waals surface area contributed by atoms with Crippen LogP contribution in [-0.4, -0.2) is 6.61 Å². The maximum absolute atomic E-state index is 5.76. The van der Waals surface area contributed by atoms with Crippen molar-refractivity contribution in [3.05, 3.63) is 64.1 Å². The smallest absolute Gasteiger partial charge is 0.119 e. The molecule has 2 rings (SSSR count). The number of ether oxygens (including phenoxy) is 1. The molecular weight excluding hydrogens is 300 g/mol. The fourth-order valence-corrected chi connectivity index (χ4v) is 2.22. The largest absolute Gasteiger partial charge is 0.494 e. The summed E-state index contributed by atoms with van der Waals surface area (Å²) in [7, 11) is 0. The summed E-state index contributed by atoms with van der Waals surface area (Å²) in [6.07, 6.45) is 3.38. The number of hydrogen-bond acceptors (Lipinski definition) is 1. The van der Waals surface area contributed by atoms with Gasteiger partial charge in [-0.1, -0.05) is 46.3 Å². The molecule has 0 aliphatic rings. The van der Waals surface area contributed by atoms with E-state index in [9.17, 15) is 0 Å². The van der Waals surface area contributed by atoms with E-state index < -0.39 is 0 Å². The molecule has 0 heterocycles. The molecule has 0 unspecified atom stereocenters. The van der Waals surface area contributed by atoms with Gasteiger partial charge in [-0.05, 0) is 55.5 Å². The van der Waals surface area contributed by atoms with Crippen LogP contribution in [0.1, 0.15) is 24.0 Å². The van der Waals surface area contributed by atoms with Crippen molar-refractivity contribution in [3.63, 3.8) is 0 Å². The summed E-state index contributed by atoms with van der Waals surface area (Å²) < 4.78 is 6.89. The summed E-state index contributed by atoms with van der Waals surface area (Å²) in [5, 5.41) is 0. The molecular formula is C17H19BrO. The predicted molar refractivity (Wildman–Crippen MR) is 83.8 cm³/mol. The van der Waals surface area contributed by atoms with E-state index in [1.807, 2.05) is 12.1 Å². The zero-order valence-electron chi connectivity index (χ0n) is 11.2. The van der Waals surface area contributed by atoms with Crippen LogP contribution in [0.2, 0.25) is 0 Å². The second-order valence-corrected chi connectivity index (χ2v) is 5.56. The molecule has 0 aliphatic carbocycles. The monoisotopic (exact) mass is 318 g/mol. The van der Waals surface area contributed by atoms with Gasteiger partial charge in [0.15, 0.2) is 0 Å². The molecule has 0 saturated heterocycles. The first-order chi connectivity index (χ1) is 9.25. The highest BCUT2D eigenvalue weighted by Gasteiger charge is 1.98. The van der Waals surface area contributed by atoms with Crippen LogP contribution in [0.3, 0.4) is 0 Å². The number of unbranched alkanes of at least 4 members (excludes halogenated alkanes) is 1. The van der Waals surface area contributed by atoms with E-state index in [0.29, 0.717) is 0 Å². The molecule has 0 aromatic heterocycles. The third-order valence-electron chi connectivity index (χ3n) is 3.10. The fourth-order valence-electron chi connectivity index (χ4n) is 1.97. The Morgan fingerprint density at radius 3 is 2.53 bits per heavy atom. The first-order valence-electron chi connectivity index (χ1n) is 6.68. The molecule has 0 atom stereocenters. The van der Waals surface area contributed by atoms with Gasteiger partial charge in [0.1, 0.15) is 5.75 Å². The van der Waals surface area contributed by atoms with Crippen LogP contribution in [0, 0.1) is 6.92 Å². The van der Waals surface area contributed by atoms with Crippen molar-refractivity contribution in [1.29, 1.82) is 0 Å². The lowest BCUT2D eigenvalue weighted by molar-refractivity contribution is 0.306. The van der Waals surface area contributed by atoms with Crippen molar-refractivity contribution in [2.75, 3.05) is 6.61 Å². The van der Waals surface area contributed by atoms with Gasteiger partial charge in [0, 0.05) is 4.47 Å². The van der Waals surface area contributed by atoms with E-state index in [1.165, 1.54) is 17.5 Å². The van der Waals surface area contributed by atoms with Crippen molar-refractivity contribution < 1.29 is 4.74 Å². The number of benzene rings is 2. The van der Waals surface area contributed by atoms with Gasteiger partial charge in [-0.3, -0.25) is 0 Å². The van der Waals surface area contributed by atoms with E-state index in [0.717, 1.165) is 29.7 Å². The van der Waals surface area contributed by atoms with E-state index in [-0.39, 0.29) is 0 Å². The maximum Gasteiger partial charge on any atom is 0.119 e. The molecule has 0 amide bonds. The average molecular weight is 319 g/mol. The van der Waals surface area contributed by atoms with Crippen LogP contribution in [0.25, 0.3) is 0 Å². The van der Waals surface area contributed by atoms with Gasteiger partial charge in [0.25, 0.3) is 0 Å². The molecule has 2 aromatic carbocycles. The molecule has 2 aromatic rings. The predicted octanol–water partition coefficient (Wildman–Crippen LogP) is 5.16. The Kier molecular flexibility index (Phi) is 5.46. The van der Waals surface area contributed by atoms with E-state index in [2.05, 4.69) is 59.3 Å². The first kappa shape index (κ1) is 14.1. The summed E-state index contributed by atoms with van der Waals surface area (Å²) in [5.74, 6) is 0.959. The van der Waals surface area contributed by atoms with Gasteiger partial charge in [-0.15, -0.1) is 0 Å². The Morgan fingerprint density at radius 2 is 1.79 bits per heavy atom. The van der Waals surface area contributed by atoms with Gasteiger partial charge < -0.3 is 4.74 Å². The molecule has 0 radical (unpaired) electrons. The number of rotatable bonds is 6. The molecule has 100 valence electrons. The number of halogens is 1. The minimum Gasteiger partial charge on any atom is -0.494 e. The lowest BCUT2D eigenvalue weighted by atomic mass is 10.1. The third kappa shape index (κ3) is 4.71. The molecule has 2 heteroatoms. The quantitative estimate of drug-likeness (QED) is 0.668. The average Bonchev–Trinajstić information content (AvgIpc) is 2.43. The first-order valence-corrected chi connectivity index (χ1v) is 7.48. The summed E-state index contributed by atoms with van der Waals surface area (Å²) in [4.78, 5) is 0. The third-order valence-corrected chi connectivity index (χ3v) is 3.99. The van der Waals surface area contributed by atoms with Crippen LogP contribution < -0.4 is 4.74 Å². The Morgan fingerprint density at radius 1 is 1.00 bits per heavy atom. The maximum atomic E-state index is 5.76. The standard InChI is InChI=1S/C17H19BrO/c1-14-13-16(10-11-17(14)18)19-12-6-5-9-15-7-3-2-4-8-15/h2-4,7-8,10-11,13H,5-6,9,12H2,1H3. The van der Waals surface area contributed by atoms with Crippen LogP contribution >= 0.6 is 15.9 Å². The van der Waals surface area contributed by atoms with Crippen molar-refractivity contribution >= 4 is 15.9 Å². The molecule has 0 aliphatic heterocycles. The Bertz CT molecular complexity index is 508. The van der Waals surface area contributed by atoms with Crippen molar-refractivity contribution in [2.24, 2.45) is 0 Å². The summed E-state index contributed by atoms with van der Waals surface area (Å²) in [5.41, 5.74) is 2.61.